The topological polar surface area (TPSA) is 53.4 Å². The number of nitrogens with zero attached hydrogens (tertiary/aromatic N) is 2. The standard InChI is InChI=1S/C16H17ClN2O2S/c17-12-3-4-13(18-10-12)16(21)19-7-5-11(6-8-19)15(20)14-2-1-9-22-14/h1-4,9-11,15,20H,5-8H2. The van der Waals surface area contributed by atoms with Crippen molar-refractivity contribution in [3.8, 4) is 0 Å². The summed E-state index contributed by atoms with van der Waals surface area (Å²) >= 11 is 7.37. The molecule has 3 rings (SSSR count). The summed E-state index contributed by atoms with van der Waals surface area (Å²) in [7, 11) is 0. The van der Waals surface area contributed by atoms with Crippen LogP contribution in [0.2, 0.25) is 5.02 Å². The Balaban J connectivity index is 1.59. The molecule has 3 heterocycles. The number of carbonyl (C=O) groups is 1. The van der Waals surface area contributed by atoms with E-state index in [1.54, 1.807) is 28.4 Å². The minimum atomic E-state index is -0.425. The molecule has 22 heavy (non-hydrogen) atoms. The molecule has 1 amide bonds. The van der Waals surface area contributed by atoms with Crippen LogP contribution in [0.25, 0.3) is 0 Å². The van der Waals surface area contributed by atoms with Gasteiger partial charge in [-0.05, 0) is 42.3 Å². The number of thiophene rings is 1. The van der Waals surface area contributed by atoms with E-state index in [9.17, 15) is 9.90 Å². The minimum Gasteiger partial charge on any atom is -0.387 e. The highest BCUT2D eigenvalue weighted by Crippen LogP contribution is 2.33. The van der Waals surface area contributed by atoms with Crippen molar-refractivity contribution >= 4 is 28.8 Å². The number of pyridine rings is 1. The van der Waals surface area contributed by atoms with Gasteiger partial charge in [0.1, 0.15) is 5.69 Å². The molecule has 0 aromatic carbocycles. The summed E-state index contributed by atoms with van der Waals surface area (Å²) in [4.78, 5) is 19.3. The quantitative estimate of drug-likeness (QED) is 0.934. The number of aliphatic hydroxyl groups is 1. The van der Waals surface area contributed by atoms with Gasteiger partial charge < -0.3 is 10.0 Å². The van der Waals surface area contributed by atoms with E-state index in [0.29, 0.717) is 23.8 Å². The van der Waals surface area contributed by atoms with E-state index in [1.165, 1.54) is 6.20 Å². The molecule has 116 valence electrons. The number of aromatic nitrogens is 1. The van der Waals surface area contributed by atoms with Gasteiger partial charge in [0.25, 0.3) is 5.91 Å². The lowest BCUT2D eigenvalue weighted by Crippen LogP contribution is -2.40. The van der Waals surface area contributed by atoms with Crippen molar-refractivity contribution < 1.29 is 9.90 Å². The molecule has 2 aromatic rings. The van der Waals surface area contributed by atoms with Crippen molar-refractivity contribution in [2.24, 2.45) is 5.92 Å². The van der Waals surface area contributed by atoms with E-state index in [-0.39, 0.29) is 11.8 Å². The zero-order chi connectivity index (χ0) is 15.5. The van der Waals surface area contributed by atoms with Crippen molar-refractivity contribution in [1.29, 1.82) is 0 Å². The van der Waals surface area contributed by atoms with Crippen LogP contribution in [0, 0.1) is 5.92 Å². The Labute approximate surface area is 138 Å². The average molecular weight is 337 g/mol. The summed E-state index contributed by atoms with van der Waals surface area (Å²) in [5.41, 5.74) is 0.418. The van der Waals surface area contributed by atoms with Crippen LogP contribution < -0.4 is 0 Å². The van der Waals surface area contributed by atoms with Crippen molar-refractivity contribution in [3.05, 3.63) is 51.4 Å². The monoisotopic (exact) mass is 336 g/mol. The van der Waals surface area contributed by atoms with Crippen molar-refractivity contribution in [3.63, 3.8) is 0 Å². The van der Waals surface area contributed by atoms with Gasteiger partial charge in [0.05, 0.1) is 11.1 Å². The third-order valence-electron chi connectivity index (χ3n) is 4.05. The molecule has 2 aromatic heterocycles. The number of rotatable bonds is 3. The number of halogens is 1. The Kier molecular flexibility index (Phi) is 4.76. The fourth-order valence-electron chi connectivity index (χ4n) is 2.77. The predicted molar refractivity (Wildman–Crippen MR) is 87.2 cm³/mol. The first-order valence-corrected chi connectivity index (χ1v) is 8.53. The molecule has 1 aliphatic rings. The normalized spacial score (nSPS) is 17.5. The number of piperidine rings is 1. The maximum Gasteiger partial charge on any atom is 0.272 e. The predicted octanol–water partition coefficient (Wildman–Crippen LogP) is 3.38. The van der Waals surface area contributed by atoms with E-state index in [1.807, 2.05) is 17.5 Å². The Bertz CT molecular complexity index is 622. The smallest absolute Gasteiger partial charge is 0.272 e. The summed E-state index contributed by atoms with van der Waals surface area (Å²) in [6.07, 6.45) is 2.67. The molecular weight excluding hydrogens is 320 g/mol. The molecule has 1 fully saturated rings. The highest BCUT2D eigenvalue weighted by atomic mass is 35.5. The summed E-state index contributed by atoms with van der Waals surface area (Å²) in [6.45, 7) is 1.30. The second kappa shape index (κ2) is 6.77. The zero-order valence-corrected chi connectivity index (χ0v) is 13.6. The van der Waals surface area contributed by atoms with E-state index >= 15 is 0 Å². The number of carbonyl (C=O) groups excluding carboxylic acids is 1. The second-order valence-electron chi connectivity index (χ2n) is 5.45. The van der Waals surface area contributed by atoms with Crippen molar-refractivity contribution in [1.82, 2.24) is 9.88 Å². The lowest BCUT2D eigenvalue weighted by atomic mass is 9.90. The molecule has 0 bridgehead atoms. The molecule has 0 aliphatic carbocycles. The minimum absolute atomic E-state index is 0.0688. The average Bonchev–Trinajstić information content (AvgIpc) is 3.09. The molecule has 4 nitrogen and oxygen atoms in total. The van der Waals surface area contributed by atoms with Gasteiger partial charge in [-0.25, -0.2) is 4.98 Å². The fraction of sp³-hybridized carbons (Fsp3) is 0.375. The van der Waals surface area contributed by atoms with Crippen LogP contribution in [0.15, 0.2) is 35.8 Å². The van der Waals surface area contributed by atoms with Crippen LogP contribution >= 0.6 is 22.9 Å². The summed E-state index contributed by atoms with van der Waals surface area (Å²) in [6, 6.07) is 7.24. The number of hydrogen-bond acceptors (Lipinski definition) is 4. The lowest BCUT2D eigenvalue weighted by molar-refractivity contribution is 0.0470. The van der Waals surface area contributed by atoms with Crippen molar-refractivity contribution in [2.75, 3.05) is 13.1 Å². The second-order valence-corrected chi connectivity index (χ2v) is 6.87. The molecule has 1 saturated heterocycles. The Morgan fingerprint density at radius 1 is 1.36 bits per heavy atom. The highest BCUT2D eigenvalue weighted by Gasteiger charge is 2.29. The van der Waals surface area contributed by atoms with Gasteiger partial charge in [-0.1, -0.05) is 17.7 Å². The lowest BCUT2D eigenvalue weighted by Gasteiger charge is -2.33. The van der Waals surface area contributed by atoms with Crippen LogP contribution in [0.5, 0.6) is 0 Å². The number of hydrogen-bond donors (Lipinski definition) is 1. The van der Waals surface area contributed by atoms with Crippen LogP contribution in [0.3, 0.4) is 0 Å². The van der Waals surface area contributed by atoms with Crippen molar-refractivity contribution in [2.45, 2.75) is 18.9 Å². The van der Waals surface area contributed by atoms with E-state index < -0.39 is 6.10 Å². The van der Waals surface area contributed by atoms with Gasteiger partial charge in [0.2, 0.25) is 0 Å². The summed E-state index contributed by atoms with van der Waals surface area (Å²) in [5, 5.41) is 12.9. The third-order valence-corrected chi connectivity index (χ3v) is 5.22. The number of aliphatic hydroxyl groups excluding tert-OH is 1. The van der Waals surface area contributed by atoms with Gasteiger partial charge in [-0.15, -0.1) is 11.3 Å². The Morgan fingerprint density at radius 2 is 2.14 bits per heavy atom. The molecule has 1 aliphatic heterocycles. The van der Waals surface area contributed by atoms with Crippen LogP contribution in [0.4, 0.5) is 0 Å². The fourth-order valence-corrected chi connectivity index (χ4v) is 3.69. The molecule has 1 unspecified atom stereocenters. The van der Waals surface area contributed by atoms with Crippen LogP contribution in [0.1, 0.15) is 34.3 Å². The molecule has 0 radical (unpaired) electrons. The van der Waals surface area contributed by atoms with Gasteiger partial charge in [0, 0.05) is 24.2 Å². The van der Waals surface area contributed by atoms with E-state index in [2.05, 4.69) is 4.98 Å². The Hall–Kier alpha value is -1.43. The first-order chi connectivity index (χ1) is 10.6. The molecule has 6 heteroatoms. The van der Waals surface area contributed by atoms with E-state index in [4.69, 9.17) is 11.6 Å². The molecular formula is C16H17ClN2O2S. The molecule has 0 saturated carbocycles. The molecule has 1 atom stereocenters. The third kappa shape index (κ3) is 3.32. The summed E-state index contributed by atoms with van der Waals surface area (Å²) in [5.74, 6) is 0.140. The van der Waals surface area contributed by atoms with Gasteiger partial charge in [-0.3, -0.25) is 4.79 Å². The first-order valence-electron chi connectivity index (χ1n) is 7.27. The maximum atomic E-state index is 12.4. The Morgan fingerprint density at radius 3 is 2.73 bits per heavy atom. The van der Waals surface area contributed by atoms with Gasteiger partial charge >= 0.3 is 0 Å². The number of amides is 1. The number of likely N-dealkylation sites (tertiary alicyclic amines) is 1. The first kappa shape index (κ1) is 15.5. The van der Waals surface area contributed by atoms with Gasteiger partial charge in [0.15, 0.2) is 0 Å². The zero-order valence-electron chi connectivity index (χ0n) is 12.0. The largest absolute Gasteiger partial charge is 0.387 e. The molecule has 1 N–H and O–H groups in total. The van der Waals surface area contributed by atoms with Crippen LogP contribution in [-0.2, 0) is 0 Å². The maximum absolute atomic E-state index is 12.4. The van der Waals surface area contributed by atoms with Gasteiger partial charge in [-0.2, -0.15) is 0 Å². The molecule has 0 spiro atoms. The van der Waals surface area contributed by atoms with Crippen LogP contribution in [-0.4, -0.2) is 34.0 Å². The van der Waals surface area contributed by atoms with E-state index in [0.717, 1.165) is 17.7 Å². The summed E-state index contributed by atoms with van der Waals surface area (Å²) < 4.78 is 0. The highest BCUT2D eigenvalue weighted by molar-refractivity contribution is 7.10. The SMILES string of the molecule is O=C(c1ccc(Cl)cn1)N1CCC(C(O)c2cccs2)CC1.